The molecule has 1 atom stereocenters. The van der Waals surface area contributed by atoms with Crippen LogP contribution in [0.25, 0.3) is 0 Å². The molecule has 2 aromatic rings. The molecule has 1 unspecified atom stereocenters. The number of aromatic nitrogens is 2. The fourth-order valence-electron chi connectivity index (χ4n) is 2.54. The summed E-state index contributed by atoms with van der Waals surface area (Å²) in [6.07, 6.45) is 3.24. The molecule has 3 rings (SSSR count). The topological polar surface area (TPSA) is 38.1 Å². The van der Waals surface area contributed by atoms with Gasteiger partial charge in [-0.25, -0.2) is 18.2 Å². The van der Waals surface area contributed by atoms with Gasteiger partial charge in [0.15, 0.2) is 17.5 Å². The van der Waals surface area contributed by atoms with Crippen LogP contribution in [0.1, 0.15) is 17.9 Å². The number of halogens is 4. The van der Waals surface area contributed by atoms with Gasteiger partial charge in [-0.3, -0.25) is 4.79 Å². The Hall–Kier alpha value is -2.02. The van der Waals surface area contributed by atoms with E-state index in [0.29, 0.717) is 0 Å². The second kappa shape index (κ2) is 5.64. The largest absolute Gasteiger partial charge is 0.324 e. The number of benzene rings is 1. The van der Waals surface area contributed by atoms with Crippen molar-refractivity contribution in [3.05, 3.63) is 52.8 Å². The van der Waals surface area contributed by atoms with Crippen molar-refractivity contribution in [2.45, 2.75) is 19.0 Å². The van der Waals surface area contributed by atoms with Gasteiger partial charge in [0, 0.05) is 31.3 Å². The Kier molecular flexibility index (Phi) is 3.82. The van der Waals surface area contributed by atoms with E-state index in [1.807, 2.05) is 0 Å². The maximum Gasteiger partial charge on any atom is 0.224 e. The number of imidazole rings is 1. The molecule has 1 amide bonds. The third-order valence-electron chi connectivity index (χ3n) is 3.68. The predicted octanol–water partition coefficient (Wildman–Crippen LogP) is 2.93. The lowest BCUT2D eigenvalue weighted by atomic mass is 9.98. The van der Waals surface area contributed by atoms with Crippen LogP contribution in [0.4, 0.5) is 13.2 Å². The molecule has 8 heteroatoms. The summed E-state index contributed by atoms with van der Waals surface area (Å²) in [6.45, 7) is 0.484. The first-order chi connectivity index (χ1) is 10.5. The maximum absolute atomic E-state index is 13.3. The molecule has 0 N–H and O–H groups in total. The Morgan fingerprint density at radius 1 is 1.27 bits per heavy atom. The van der Waals surface area contributed by atoms with Crippen LogP contribution >= 0.6 is 11.6 Å². The van der Waals surface area contributed by atoms with E-state index in [1.165, 1.54) is 11.1 Å². The zero-order valence-electron chi connectivity index (χ0n) is 11.3. The molecule has 1 aromatic carbocycles. The van der Waals surface area contributed by atoms with Crippen molar-refractivity contribution in [2.75, 3.05) is 6.54 Å². The molecule has 1 saturated heterocycles. The van der Waals surface area contributed by atoms with Gasteiger partial charge in [-0.2, -0.15) is 0 Å². The fraction of sp³-hybridized carbons (Fsp3) is 0.286. The minimum absolute atomic E-state index is 0.108. The molecule has 22 heavy (non-hydrogen) atoms. The van der Waals surface area contributed by atoms with Crippen LogP contribution in [0.2, 0.25) is 5.28 Å². The van der Waals surface area contributed by atoms with Gasteiger partial charge in [-0.1, -0.05) is 0 Å². The van der Waals surface area contributed by atoms with Crippen molar-refractivity contribution in [2.24, 2.45) is 0 Å². The van der Waals surface area contributed by atoms with Crippen LogP contribution in [0, 0.1) is 17.5 Å². The maximum atomic E-state index is 13.3. The summed E-state index contributed by atoms with van der Waals surface area (Å²) < 4.78 is 41.2. The SMILES string of the molecule is O=C1CC(c2cc(F)c(F)c(F)c2)CN1Cn1ccnc1Cl. The summed E-state index contributed by atoms with van der Waals surface area (Å²) in [7, 11) is 0. The third-order valence-corrected chi connectivity index (χ3v) is 3.99. The van der Waals surface area contributed by atoms with Gasteiger partial charge >= 0.3 is 0 Å². The van der Waals surface area contributed by atoms with E-state index in [1.54, 1.807) is 10.8 Å². The number of carbonyl (C=O) groups is 1. The number of hydrogen-bond acceptors (Lipinski definition) is 2. The van der Waals surface area contributed by atoms with Gasteiger partial charge in [-0.15, -0.1) is 0 Å². The summed E-state index contributed by atoms with van der Waals surface area (Å²) in [4.78, 5) is 17.4. The molecule has 0 bridgehead atoms. The number of rotatable bonds is 3. The summed E-state index contributed by atoms with van der Waals surface area (Å²) in [6, 6.07) is 1.87. The average Bonchev–Trinajstić information content (AvgIpc) is 3.03. The van der Waals surface area contributed by atoms with Gasteiger partial charge in [0.05, 0.1) is 6.67 Å². The van der Waals surface area contributed by atoms with Crippen LogP contribution in [0.15, 0.2) is 24.5 Å². The standard InChI is InChI=1S/C14H11ClF3N3O/c15-14-19-1-2-20(14)7-21-6-9(5-12(21)22)8-3-10(16)13(18)11(17)4-8/h1-4,9H,5-7H2. The normalized spacial score (nSPS) is 18.3. The van der Waals surface area contributed by atoms with Crippen LogP contribution in [-0.4, -0.2) is 26.9 Å². The molecule has 0 saturated carbocycles. The van der Waals surface area contributed by atoms with Crippen molar-refractivity contribution in [3.8, 4) is 0 Å². The molecular weight excluding hydrogens is 319 g/mol. The van der Waals surface area contributed by atoms with Crippen molar-refractivity contribution in [3.63, 3.8) is 0 Å². The summed E-state index contributed by atoms with van der Waals surface area (Å²) in [5.74, 6) is -4.56. The minimum atomic E-state index is -1.50. The summed E-state index contributed by atoms with van der Waals surface area (Å²) >= 11 is 5.85. The van der Waals surface area contributed by atoms with Crippen LogP contribution in [0.5, 0.6) is 0 Å². The molecule has 116 valence electrons. The average molecular weight is 330 g/mol. The Morgan fingerprint density at radius 2 is 1.95 bits per heavy atom. The minimum Gasteiger partial charge on any atom is -0.324 e. The molecule has 1 fully saturated rings. The molecule has 2 heterocycles. The second-order valence-corrected chi connectivity index (χ2v) is 5.46. The predicted molar refractivity (Wildman–Crippen MR) is 72.6 cm³/mol. The highest BCUT2D eigenvalue weighted by Gasteiger charge is 2.32. The quantitative estimate of drug-likeness (QED) is 0.812. The molecule has 0 spiro atoms. The number of amides is 1. The fourth-order valence-corrected chi connectivity index (χ4v) is 2.71. The highest BCUT2D eigenvalue weighted by atomic mass is 35.5. The van der Waals surface area contributed by atoms with E-state index in [2.05, 4.69) is 4.98 Å². The highest BCUT2D eigenvalue weighted by molar-refractivity contribution is 6.28. The zero-order valence-corrected chi connectivity index (χ0v) is 12.0. The van der Waals surface area contributed by atoms with Crippen LogP contribution < -0.4 is 0 Å². The van der Waals surface area contributed by atoms with Crippen molar-refractivity contribution in [1.29, 1.82) is 0 Å². The van der Waals surface area contributed by atoms with E-state index in [4.69, 9.17) is 11.6 Å². The van der Waals surface area contributed by atoms with E-state index in [9.17, 15) is 18.0 Å². The summed E-state index contributed by atoms with van der Waals surface area (Å²) in [5.41, 5.74) is 0.268. The molecule has 0 aliphatic carbocycles. The molecule has 1 aliphatic rings. The van der Waals surface area contributed by atoms with Gasteiger partial charge in [-0.05, 0) is 29.3 Å². The van der Waals surface area contributed by atoms with Crippen LogP contribution in [0.3, 0.4) is 0 Å². The van der Waals surface area contributed by atoms with E-state index >= 15 is 0 Å². The van der Waals surface area contributed by atoms with E-state index in [-0.39, 0.29) is 42.3 Å². The lowest BCUT2D eigenvalue weighted by Gasteiger charge is -2.18. The molecular formula is C14H11ClF3N3O. The number of carbonyl (C=O) groups excluding carboxylic acids is 1. The van der Waals surface area contributed by atoms with Gasteiger partial charge < -0.3 is 9.47 Å². The first-order valence-electron chi connectivity index (χ1n) is 6.54. The first kappa shape index (κ1) is 14.9. The number of hydrogen-bond donors (Lipinski definition) is 0. The molecule has 4 nitrogen and oxygen atoms in total. The first-order valence-corrected chi connectivity index (χ1v) is 6.92. The van der Waals surface area contributed by atoms with E-state index in [0.717, 1.165) is 12.1 Å². The van der Waals surface area contributed by atoms with Gasteiger partial charge in [0.1, 0.15) is 0 Å². The van der Waals surface area contributed by atoms with Crippen molar-refractivity contribution < 1.29 is 18.0 Å². The summed E-state index contributed by atoms with van der Waals surface area (Å²) in [5, 5.41) is 0.245. The number of nitrogens with zero attached hydrogens (tertiary/aromatic N) is 3. The number of likely N-dealkylation sites (tertiary alicyclic amines) is 1. The second-order valence-electron chi connectivity index (χ2n) is 5.12. The molecule has 0 radical (unpaired) electrons. The Balaban J connectivity index is 1.78. The zero-order chi connectivity index (χ0) is 15.9. The third kappa shape index (κ3) is 2.68. The molecule has 1 aliphatic heterocycles. The van der Waals surface area contributed by atoms with E-state index < -0.39 is 17.5 Å². The highest BCUT2D eigenvalue weighted by Crippen LogP contribution is 2.30. The Bertz CT molecular complexity index is 711. The lowest BCUT2D eigenvalue weighted by molar-refractivity contribution is -0.129. The molecule has 1 aromatic heterocycles. The monoisotopic (exact) mass is 329 g/mol. The van der Waals surface area contributed by atoms with Crippen molar-refractivity contribution in [1.82, 2.24) is 14.5 Å². The Morgan fingerprint density at radius 3 is 2.55 bits per heavy atom. The van der Waals surface area contributed by atoms with Crippen molar-refractivity contribution >= 4 is 17.5 Å². The van der Waals surface area contributed by atoms with Gasteiger partial charge in [0.25, 0.3) is 0 Å². The Labute approximate surface area is 129 Å². The van der Waals surface area contributed by atoms with Gasteiger partial charge in [0.2, 0.25) is 11.2 Å². The smallest absolute Gasteiger partial charge is 0.224 e. The lowest BCUT2D eigenvalue weighted by Crippen LogP contribution is -2.27. The van der Waals surface area contributed by atoms with Crippen LogP contribution in [-0.2, 0) is 11.5 Å².